The van der Waals surface area contributed by atoms with Crippen LogP contribution in [0.1, 0.15) is 6.42 Å². The van der Waals surface area contributed by atoms with E-state index in [0.29, 0.717) is 0 Å². The van der Waals surface area contributed by atoms with E-state index in [-0.39, 0.29) is 0 Å². The summed E-state index contributed by atoms with van der Waals surface area (Å²) < 4.78 is 135. The molecule has 0 radical (unpaired) electrons. The molecule has 1 atom stereocenters. The summed E-state index contributed by atoms with van der Waals surface area (Å²) in [4.78, 5) is 22.4. The number of alkyl halides is 8. The van der Waals surface area contributed by atoms with Crippen LogP contribution in [0.2, 0.25) is 0 Å². The van der Waals surface area contributed by atoms with Gasteiger partial charge in [0.25, 0.3) is 10.1 Å². The topological polar surface area (TPSA) is 107 Å². The number of hydrogen-bond donors (Lipinski definition) is 1. The van der Waals surface area contributed by atoms with Gasteiger partial charge < -0.3 is 9.47 Å². The number of carbonyl (C=O) groups excluding carboxylic acids is 2. The first-order valence-corrected chi connectivity index (χ1v) is 7.61. The predicted octanol–water partition coefficient (Wildman–Crippen LogP) is 1.52. The third kappa shape index (κ3) is 7.67. The van der Waals surface area contributed by atoms with E-state index in [4.69, 9.17) is 4.55 Å². The highest BCUT2D eigenvalue weighted by Crippen LogP contribution is 2.25. The van der Waals surface area contributed by atoms with Crippen molar-refractivity contribution in [1.82, 2.24) is 0 Å². The van der Waals surface area contributed by atoms with E-state index in [1.54, 1.807) is 0 Å². The second-order valence-corrected chi connectivity index (χ2v) is 6.20. The molecule has 0 saturated carbocycles. The third-order valence-corrected chi connectivity index (χ3v) is 3.52. The lowest BCUT2D eigenvalue weighted by molar-refractivity contribution is -0.183. The summed E-state index contributed by atoms with van der Waals surface area (Å²) in [5.41, 5.74) is 0. The van der Waals surface area contributed by atoms with Gasteiger partial charge in [0, 0.05) is 0 Å². The molecule has 0 heterocycles. The van der Waals surface area contributed by atoms with Crippen molar-refractivity contribution in [3.05, 3.63) is 0 Å². The molecule has 16 heteroatoms. The van der Waals surface area contributed by atoms with Gasteiger partial charge in [-0.25, -0.2) is 17.6 Å². The van der Waals surface area contributed by atoms with E-state index in [0.717, 1.165) is 0 Å². The van der Waals surface area contributed by atoms with Gasteiger partial charge >= 0.3 is 36.6 Å². The van der Waals surface area contributed by atoms with Crippen molar-refractivity contribution >= 4 is 22.1 Å². The Bertz CT molecular complexity index is 607. The van der Waals surface area contributed by atoms with E-state index >= 15 is 0 Å². The molecule has 7 nitrogen and oxygen atoms in total. The third-order valence-electron chi connectivity index (χ3n) is 2.45. The fourth-order valence-corrected chi connectivity index (χ4v) is 1.74. The van der Waals surface area contributed by atoms with Crippen molar-refractivity contribution in [2.24, 2.45) is 0 Å². The Morgan fingerprint density at radius 3 is 1.62 bits per heavy atom. The van der Waals surface area contributed by atoms with Crippen molar-refractivity contribution in [2.75, 3.05) is 13.2 Å². The Labute approximate surface area is 140 Å². The fourth-order valence-electron chi connectivity index (χ4n) is 1.08. The van der Waals surface area contributed by atoms with Crippen LogP contribution in [0, 0.1) is 0 Å². The molecule has 0 aliphatic rings. The maximum absolute atomic E-state index is 12.6. The standard InChI is InChI=1S/C10H10F8O7S/c11-7(12)9(15,16)2-24-5(19)1-4(26(21,22)23)6(20)25-3-10(17,18)8(13)14/h4,7-8H,1-3H2,(H,21,22,23). The lowest BCUT2D eigenvalue weighted by Crippen LogP contribution is -2.40. The molecule has 0 aromatic rings. The molecule has 0 bridgehead atoms. The average molecular weight is 426 g/mol. The Morgan fingerprint density at radius 1 is 0.885 bits per heavy atom. The molecule has 0 aliphatic carbocycles. The van der Waals surface area contributed by atoms with E-state index in [1.807, 2.05) is 0 Å². The summed E-state index contributed by atoms with van der Waals surface area (Å²) in [7, 11) is -5.56. The zero-order valence-corrected chi connectivity index (χ0v) is 13.0. The van der Waals surface area contributed by atoms with Crippen LogP contribution >= 0.6 is 0 Å². The van der Waals surface area contributed by atoms with Gasteiger partial charge in [-0.3, -0.25) is 14.1 Å². The zero-order chi connectivity index (χ0) is 20.9. The lowest BCUT2D eigenvalue weighted by Gasteiger charge is -2.18. The van der Waals surface area contributed by atoms with E-state index in [1.165, 1.54) is 0 Å². The molecule has 0 aromatic carbocycles. The number of carbonyl (C=O) groups is 2. The maximum atomic E-state index is 12.6. The normalized spacial score (nSPS) is 14.4. The molecule has 0 fully saturated rings. The van der Waals surface area contributed by atoms with Gasteiger partial charge in [0.15, 0.2) is 18.5 Å². The molecule has 0 amide bonds. The van der Waals surface area contributed by atoms with Crippen LogP contribution in [0.3, 0.4) is 0 Å². The summed E-state index contributed by atoms with van der Waals surface area (Å²) in [5, 5.41) is -3.00. The molecule has 26 heavy (non-hydrogen) atoms. The van der Waals surface area contributed by atoms with Crippen LogP contribution in [0.4, 0.5) is 35.1 Å². The smallest absolute Gasteiger partial charge is 0.340 e. The first-order valence-electron chi connectivity index (χ1n) is 6.11. The zero-order valence-electron chi connectivity index (χ0n) is 12.2. The highest BCUT2D eigenvalue weighted by atomic mass is 32.2. The lowest BCUT2D eigenvalue weighted by atomic mass is 10.3. The molecule has 0 rings (SSSR count). The van der Waals surface area contributed by atoms with Gasteiger partial charge in [-0.15, -0.1) is 0 Å². The first-order chi connectivity index (χ1) is 11.5. The molecule has 1 N–H and O–H groups in total. The Balaban J connectivity index is 4.97. The summed E-state index contributed by atoms with van der Waals surface area (Å²) in [5.74, 6) is -14.0. The van der Waals surface area contributed by atoms with Crippen LogP contribution in [-0.2, 0) is 29.2 Å². The monoisotopic (exact) mass is 426 g/mol. The van der Waals surface area contributed by atoms with E-state index in [2.05, 4.69) is 9.47 Å². The quantitative estimate of drug-likeness (QED) is 0.321. The Kier molecular flexibility index (Phi) is 8.21. The van der Waals surface area contributed by atoms with Crippen molar-refractivity contribution in [3.63, 3.8) is 0 Å². The number of halogens is 8. The van der Waals surface area contributed by atoms with Crippen LogP contribution in [-0.4, -0.2) is 68.1 Å². The summed E-state index contributed by atoms with van der Waals surface area (Å²) in [6.45, 7) is -4.55. The molecule has 0 saturated heterocycles. The SMILES string of the molecule is O=C(CC(C(=O)OCC(F)(F)C(F)F)S(=O)(=O)O)OCC(F)(F)C(F)F. The van der Waals surface area contributed by atoms with Crippen molar-refractivity contribution in [2.45, 2.75) is 36.4 Å². The van der Waals surface area contributed by atoms with Crippen molar-refractivity contribution < 1.29 is 67.2 Å². The number of ether oxygens (including phenoxy) is 2. The minimum Gasteiger partial charge on any atom is -0.459 e. The molecular weight excluding hydrogens is 416 g/mol. The molecule has 0 aromatic heterocycles. The molecule has 0 spiro atoms. The molecule has 1 unspecified atom stereocenters. The van der Waals surface area contributed by atoms with Crippen molar-refractivity contribution in [3.8, 4) is 0 Å². The van der Waals surface area contributed by atoms with Crippen LogP contribution in [0.15, 0.2) is 0 Å². The van der Waals surface area contributed by atoms with Crippen LogP contribution in [0.25, 0.3) is 0 Å². The second kappa shape index (κ2) is 8.79. The number of hydrogen-bond acceptors (Lipinski definition) is 6. The summed E-state index contributed by atoms with van der Waals surface area (Å²) >= 11 is 0. The second-order valence-electron chi connectivity index (χ2n) is 4.60. The molecule has 0 aliphatic heterocycles. The average Bonchev–Trinajstić information content (AvgIpc) is 2.47. The van der Waals surface area contributed by atoms with Gasteiger partial charge in [-0.1, -0.05) is 0 Å². The summed E-state index contributed by atoms with van der Waals surface area (Å²) in [6, 6.07) is 0. The first kappa shape index (κ1) is 24.3. The highest BCUT2D eigenvalue weighted by molar-refractivity contribution is 7.87. The van der Waals surface area contributed by atoms with Crippen LogP contribution < -0.4 is 0 Å². The minimum atomic E-state index is -5.56. The van der Waals surface area contributed by atoms with Gasteiger partial charge in [0.1, 0.15) is 0 Å². The number of esters is 2. The van der Waals surface area contributed by atoms with E-state index < -0.39 is 71.6 Å². The predicted molar refractivity (Wildman–Crippen MR) is 63.8 cm³/mol. The van der Waals surface area contributed by atoms with Gasteiger partial charge in [0.05, 0.1) is 6.42 Å². The Morgan fingerprint density at radius 2 is 1.27 bits per heavy atom. The fraction of sp³-hybridized carbons (Fsp3) is 0.800. The maximum Gasteiger partial charge on any atom is 0.340 e. The highest BCUT2D eigenvalue weighted by Gasteiger charge is 2.45. The number of rotatable bonds is 10. The summed E-state index contributed by atoms with van der Waals surface area (Å²) in [6.07, 6.45) is -10.4. The minimum absolute atomic E-state index is 1.79. The molecule has 154 valence electrons. The Hall–Kier alpha value is -1.71. The largest absolute Gasteiger partial charge is 0.459 e. The van der Waals surface area contributed by atoms with Crippen molar-refractivity contribution in [1.29, 1.82) is 0 Å². The van der Waals surface area contributed by atoms with Crippen LogP contribution in [0.5, 0.6) is 0 Å². The van der Waals surface area contributed by atoms with Gasteiger partial charge in [0.2, 0.25) is 0 Å². The molecular formula is C10H10F8O7S. The van der Waals surface area contributed by atoms with Gasteiger partial charge in [-0.05, 0) is 0 Å². The van der Waals surface area contributed by atoms with E-state index in [9.17, 15) is 53.1 Å². The van der Waals surface area contributed by atoms with Gasteiger partial charge in [-0.2, -0.15) is 26.0 Å².